The summed E-state index contributed by atoms with van der Waals surface area (Å²) in [5, 5.41) is 27.0. The minimum Gasteiger partial charge on any atom is -0.480 e. The summed E-state index contributed by atoms with van der Waals surface area (Å²) in [6, 6.07) is -0.775. The van der Waals surface area contributed by atoms with E-state index in [9.17, 15) is 57.8 Å². The first kappa shape index (κ1) is 65.2. The van der Waals surface area contributed by atoms with Crippen molar-refractivity contribution < 1.29 is 67.3 Å². The van der Waals surface area contributed by atoms with Gasteiger partial charge in [-0.3, -0.25) is 43.2 Å². The number of aromatic nitrogens is 1. The number of amides is 8. The number of nitrogens with one attached hydrogen (secondary N) is 7. The SMILES string of the molecule is CCCC[C@H](NC(=O)[C@H](CCCC)NC(=O)[C@H](CC/C=C/C(=O)OC)NC(=O)[C@@H](CC(=O)OC(C)(C)CC(=O)N1CCC[C@H]1C(=O)N[C@@H](Cc1c[nH]c2ccccc12)C(=O)N1CCC[C@H]1C(=O)O)NC(C)=O)C(=O)NCCC(C)C. The molecule has 0 radical (unpaired) electrons. The van der Waals surface area contributed by atoms with Gasteiger partial charge in [-0.05, 0) is 89.2 Å². The van der Waals surface area contributed by atoms with Crippen LogP contribution in [0, 0.1) is 5.92 Å². The van der Waals surface area contributed by atoms with Crippen LogP contribution < -0.4 is 31.9 Å². The highest BCUT2D eigenvalue weighted by Gasteiger charge is 2.42. The number of hydrogen-bond donors (Lipinski definition) is 8. The van der Waals surface area contributed by atoms with Crippen LogP contribution in [0.4, 0.5) is 0 Å². The fourth-order valence-electron chi connectivity index (χ4n) is 9.84. The number of allylic oxidation sites excluding steroid dienone is 1. The summed E-state index contributed by atoms with van der Waals surface area (Å²) >= 11 is 0. The number of likely N-dealkylation sites (tertiary alicyclic amines) is 2. The number of ether oxygens (including phenoxy) is 2. The van der Waals surface area contributed by atoms with Crippen LogP contribution in [0.5, 0.6) is 0 Å². The summed E-state index contributed by atoms with van der Waals surface area (Å²) in [5.41, 5.74) is 0.00308. The minimum atomic E-state index is -1.60. The van der Waals surface area contributed by atoms with E-state index >= 15 is 0 Å². The van der Waals surface area contributed by atoms with Gasteiger partial charge in [0.1, 0.15) is 47.9 Å². The van der Waals surface area contributed by atoms with Crippen LogP contribution >= 0.6 is 0 Å². The fraction of sp³-hybridized carbons (Fsp3) is 0.632. The molecular formula is C57H85N9O14. The number of carbonyl (C=O) groups is 11. The summed E-state index contributed by atoms with van der Waals surface area (Å²) in [6.45, 7) is 12.8. The smallest absolute Gasteiger partial charge is 0.330 e. The van der Waals surface area contributed by atoms with Crippen LogP contribution in [0.3, 0.4) is 0 Å². The van der Waals surface area contributed by atoms with Gasteiger partial charge in [0.2, 0.25) is 47.3 Å². The first-order valence-electron chi connectivity index (χ1n) is 28.1. The third kappa shape index (κ3) is 20.4. The highest BCUT2D eigenvalue weighted by atomic mass is 16.6. The van der Waals surface area contributed by atoms with E-state index in [1.54, 1.807) is 6.20 Å². The van der Waals surface area contributed by atoms with Gasteiger partial charge in [-0.1, -0.05) is 77.7 Å². The van der Waals surface area contributed by atoms with Gasteiger partial charge in [-0.25, -0.2) is 9.59 Å². The lowest BCUT2D eigenvalue weighted by molar-refractivity contribution is -0.162. The van der Waals surface area contributed by atoms with Gasteiger partial charge >= 0.3 is 17.9 Å². The van der Waals surface area contributed by atoms with Crippen LogP contribution in [0.1, 0.15) is 150 Å². The third-order valence-electron chi connectivity index (χ3n) is 14.1. The Bertz CT molecular complexity index is 2530. The van der Waals surface area contributed by atoms with Crippen LogP contribution in [0.25, 0.3) is 10.9 Å². The molecule has 0 unspecified atom stereocenters. The number of para-hydroxylation sites is 1. The van der Waals surface area contributed by atoms with E-state index in [0.29, 0.717) is 51.0 Å². The number of nitrogens with zero attached hydrogens (tertiary/aromatic N) is 2. The van der Waals surface area contributed by atoms with Crippen LogP contribution in [-0.4, -0.2) is 160 Å². The summed E-state index contributed by atoms with van der Waals surface area (Å²) in [5.74, 6) is -7.60. The number of hydrogen-bond acceptors (Lipinski definition) is 13. The Hall–Kier alpha value is -7.33. The Morgan fingerprint density at radius 1 is 0.750 bits per heavy atom. The number of unbranched alkanes of at least 4 members (excludes halogenated alkanes) is 2. The number of benzene rings is 1. The van der Waals surface area contributed by atoms with Crippen molar-refractivity contribution in [2.45, 2.75) is 199 Å². The second-order valence-electron chi connectivity index (χ2n) is 21.7. The first-order chi connectivity index (χ1) is 38.0. The van der Waals surface area contributed by atoms with Gasteiger partial charge in [0, 0.05) is 56.2 Å². The van der Waals surface area contributed by atoms with Gasteiger partial charge in [0.15, 0.2) is 0 Å². The van der Waals surface area contributed by atoms with Gasteiger partial charge in [0.05, 0.1) is 20.0 Å². The quantitative estimate of drug-likeness (QED) is 0.0385. The number of H-pyrrole nitrogens is 1. The topological polar surface area (TPSA) is 321 Å². The number of carboxylic acid groups (broad SMARTS) is 1. The maximum atomic E-state index is 14.2. The molecule has 0 aliphatic carbocycles. The maximum Gasteiger partial charge on any atom is 0.330 e. The zero-order valence-electron chi connectivity index (χ0n) is 47.7. The Labute approximate surface area is 468 Å². The molecular weight excluding hydrogens is 1030 g/mol. The molecule has 2 fully saturated rings. The largest absolute Gasteiger partial charge is 0.480 e. The molecule has 0 bridgehead atoms. The number of carbonyl (C=O) groups excluding carboxylic acids is 10. The summed E-state index contributed by atoms with van der Waals surface area (Å²) < 4.78 is 10.4. The van der Waals surface area contributed by atoms with Gasteiger partial charge in [-0.2, -0.15) is 0 Å². The highest BCUT2D eigenvalue weighted by molar-refractivity contribution is 5.97. The first-order valence-corrected chi connectivity index (χ1v) is 28.1. The molecule has 23 heteroatoms. The van der Waals surface area contributed by atoms with E-state index in [1.807, 2.05) is 52.0 Å². The molecule has 7 atom stereocenters. The highest BCUT2D eigenvalue weighted by Crippen LogP contribution is 2.26. The molecule has 3 heterocycles. The second kappa shape index (κ2) is 32.1. The van der Waals surface area contributed by atoms with Crippen LogP contribution in [-0.2, 0) is 68.6 Å². The second-order valence-corrected chi connectivity index (χ2v) is 21.7. The third-order valence-corrected chi connectivity index (χ3v) is 14.1. The Morgan fingerprint density at radius 3 is 1.94 bits per heavy atom. The lowest BCUT2D eigenvalue weighted by Gasteiger charge is -2.32. The predicted molar refractivity (Wildman–Crippen MR) is 296 cm³/mol. The van der Waals surface area contributed by atoms with Crippen molar-refractivity contribution in [1.82, 2.24) is 46.7 Å². The van der Waals surface area contributed by atoms with Gasteiger partial charge < -0.3 is 61.3 Å². The van der Waals surface area contributed by atoms with Crippen molar-refractivity contribution in [2.75, 3.05) is 26.7 Å². The molecule has 8 amide bonds. The number of carboxylic acids is 1. The number of aliphatic carboxylic acids is 1. The minimum absolute atomic E-state index is 0.0416. The lowest BCUT2D eigenvalue weighted by atomic mass is 10.0. The molecule has 2 aliphatic rings. The van der Waals surface area contributed by atoms with Gasteiger partial charge in [-0.15, -0.1) is 0 Å². The molecule has 23 nitrogen and oxygen atoms in total. The lowest BCUT2D eigenvalue weighted by Crippen LogP contribution is -2.58. The normalized spacial score (nSPS) is 17.2. The zero-order valence-corrected chi connectivity index (χ0v) is 47.7. The Balaban J connectivity index is 1.47. The zero-order chi connectivity index (χ0) is 59.1. The van der Waals surface area contributed by atoms with Crippen molar-refractivity contribution in [2.24, 2.45) is 5.92 Å². The van der Waals surface area contributed by atoms with Crippen molar-refractivity contribution >= 4 is 76.1 Å². The van der Waals surface area contributed by atoms with E-state index in [1.165, 1.54) is 36.8 Å². The van der Waals surface area contributed by atoms with E-state index in [4.69, 9.17) is 4.74 Å². The molecule has 2 aliphatic heterocycles. The monoisotopic (exact) mass is 1120 g/mol. The molecule has 0 spiro atoms. The molecule has 1 aromatic heterocycles. The van der Waals surface area contributed by atoms with Gasteiger partial charge in [0.25, 0.3) is 0 Å². The summed E-state index contributed by atoms with van der Waals surface area (Å²) in [7, 11) is 1.19. The average Bonchev–Trinajstić information content (AvgIpc) is 4.20. The molecule has 2 saturated heterocycles. The number of fused-ring (bicyclic) bond motifs is 1. The average molecular weight is 1120 g/mol. The van der Waals surface area contributed by atoms with E-state index < -0.39 is 120 Å². The van der Waals surface area contributed by atoms with E-state index in [2.05, 4.69) is 41.6 Å². The Kier molecular flexibility index (Phi) is 26.1. The van der Waals surface area contributed by atoms with Crippen molar-refractivity contribution in [1.29, 1.82) is 0 Å². The van der Waals surface area contributed by atoms with Crippen LogP contribution in [0.15, 0.2) is 42.6 Å². The Morgan fingerprint density at radius 2 is 1.34 bits per heavy atom. The number of aromatic amines is 1. The van der Waals surface area contributed by atoms with Crippen LogP contribution in [0.2, 0.25) is 0 Å². The molecule has 8 N–H and O–H groups in total. The molecule has 1 aromatic carbocycles. The van der Waals surface area contributed by atoms with Crippen molar-refractivity contribution in [3.8, 4) is 0 Å². The van der Waals surface area contributed by atoms with E-state index in [0.717, 1.165) is 42.3 Å². The van der Waals surface area contributed by atoms with E-state index in [-0.39, 0.29) is 57.5 Å². The molecule has 442 valence electrons. The molecule has 4 rings (SSSR count). The van der Waals surface area contributed by atoms with Crippen molar-refractivity contribution in [3.63, 3.8) is 0 Å². The predicted octanol–water partition coefficient (Wildman–Crippen LogP) is 3.38. The fourth-order valence-corrected chi connectivity index (χ4v) is 9.84. The summed E-state index contributed by atoms with van der Waals surface area (Å²) in [4.78, 5) is 154. The standard InChI is InChI=1S/C57H85N9O14/c1-9-11-20-40(50(71)58-28-27-35(3)4)61-51(72)41(21-12-10-2)62-52(73)42(23-15-16-26-48(69)79-8)63-53(74)43(60-36(5)67)32-49(70)80-57(6,7)33-47(68)65-29-17-24-45(65)54(75)64-44(55(76)66-30-18-25-46(66)56(77)78)31-37-34-59-39-22-14-13-19-38(37)39/h13-14,16,19,22,26,34-35,40-46,59H,9-12,15,17-18,20-21,23-25,27-33H2,1-8H3,(H,58,71)(H,60,67)(H,61,72)(H,62,73)(H,63,74)(H,64,75)(H,77,78)/b26-16+/t40-,41-,42-,43+,44-,45-,46-/m0/s1. The number of rotatable bonds is 32. The number of methoxy groups -OCH3 is 1. The van der Waals surface area contributed by atoms with Crippen molar-refractivity contribution in [3.05, 3.63) is 48.2 Å². The summed E-state index contributed by atoms with van der Waals surface area (Å²) in [6.07, 6.45) is 8.47. The molecule has 80 heavy (non-hydrogen) atoms. The maximum absolute atomic E-state index is 14.2. The molecule has 0 saturated carbocycles. The molecule has 2 aromatic rings. The number of esters is 2.